The number of hydrogen-bond donors (Lipinski definition) is 2. The lowest BCUT2D eigenvalue weighted by Gasteiger charge is -2.09. The second-order valence-electron chi connectivity index (χ2n) is 6.00. The molecule has 0 radical (unpaired) electrons. The summed E-state index contributed by atoms with van der Waals surface area (Å²) in [5.41, 5.74) is 11.1. The molecule has 2 aromatic carbocycles. The molecule has 7 heteroatoms. The fourth-order valence-corrected chi connectivity index (χ4v) is 3.86. The Kier molecular flexibility index (Phi) is 4.34. The van der Waals surface area contributed by atoms with Gasteiger partial charge in [-0.1, -0.05) is 57.6 Å². The number of thiazole rings is 1. The van der Waals surface area contributed by atoms with Crippen LogP contribution in [-0.4, -0.2) is 15.0 Å². The van der Waals surface area contributed by atoms with E-state index in [4.69, 9.17) is 5.73 Å². The minimum Gasteiger partial charge on any atom is -0.382 e. The molecule has 0 aliphatic carbocycles. The highest BCUT2D eigenvalue weighted by Crippen LogP contribution is 2.33. The summed E-state index contributed by atoms with van der Waals surface area (Å²) in [4.78, 5) is 14.4. The van der Waals surface area contributed by atoms with Crippen LogP contribution in [0.4, 0.5) is 16.6 Å². The molecule has 3 N–H and O–H groups in total. The Hall–Kier alpha value is -2.51. The lowest BCUT2D eigenvalue weighted by Crippen LogP contribution is -1.97. The topological polar surface area (TPSA) is 76.7 Å². The molecule has 0 saturated carbocycles. The first kappa shape index (κ1) is 16.9. The van der Waals surface area contributed by atoms with E-state index in [-0.39, 0.29) is 0 Å². The number of aryl methyl sites for hydroxylation is 2. The van der Waals surface area contributed by atoms with Crippen molar-refractivity contribution in [1.82, 2.24) is 15.0 Å². The Bertz CT molecular complexity index is 1080. The van der Waals surface area contributed by atoms with Crippen LogP contribution in [0.2, 0.25) is 0 Å². The number of hydrogen-bond acceptors (Lipinski definition) is 6. The van der Waals surface area contributed by atoms with Crippen LogP contribution in [-0.2, 0) is 0 Å². The van der Waals surface area contributed by atoms with Crippen molar-refractivity contribution in [2.45, 2.75) is 13.8 Å². The van der Waals surface area contributed by atoms with Gasteiger partial charge in [-0.3, -0.25) is 0 Å². The van der Waals surface area contributed by atoms with Crippen LogP contribution in [0.1, 0.15) is 11.1 Å². The molecule has 0 aliphatic rings. The molecule has 4 rings (SSSR count). The normalized spacial score (nSPS) is 11.0. The lowest BCUT2D eigenvalue weighted by atomic mass is 10.1. The predicted octanol–water partition coefficient (Wildman–Crippen LogP) is 5.46. The summed E-state index contributed by atoms with van der Waals surface area (Å²) in [6.07, 6.45) is 0. The minimum atomic E-state index is 0.388. The van der Waals surface area contributed by atoms with Crippen LogP contribution < -0.4 is 11.1 Å². The third-order valence-corrected chi connectivity index (χ3v) is 5.49. The Labute approximate surface area is 163 Å². The highest BCUT2D eigenvalue weighted by atomic mass is 79.9. The predicted molar refractivity (Wildman–Crippen MR) is 112 cm³/mol. The molecule has 0 atom stereocenters. The zero-order valence-electron chi connectivity index (χ0n) is 14.2. The number of fused-ring (bicyclic) bond motifs is 1. The molecule has 130 valence electrons. The van der Waals surface area contributed by atoms with E-state index in [0.29, 0.717) is 17.2 Å². The molecular weight excluding hydrogens is 410 g/mol. The first-order valence-electron chi connectivity index (χ1n) is 8.04. The number of benzene rings is 2. The van der Waals surface area contributed by atoms with Crippen molar-refractivity contribution in [1.29, 1.82) is 0 Å². The smallest absolute Gasteiger partial charge is 0.189 e. The van der Waals surface area contributed by atoms with Gasteiger partial charge in [0.25, 0.3) is 0 Å². The van der Waals surface area contributed by atoms with Gasteiger partial charge in [0.2, 0.25) is 0 Å². The summed E-state index contributed by atoms with van der Waals surface area (Å²) in [5.74, 6) is 0.989. The first-order chi connectivity index (χ1) is 12.5. The first-order valence-corrected chi connectivity index (χ1v) is 9.65. The standard InChI is InChI=1S/C19H16BrN5S/c1-10-4-3-5-11(2)14(10)22-19-23-15-16(21)24-17(25-18(15)26-19)12-6-8-13(20)9-7-12/h3-9H,1-2H3,(H,22,23)(H2,21,24,25). The van der Waals surface area contributed by atoms with Crippen LogP contribution in [0.15, 0.2) is 46.9 Å². The Morgan fingerprint density at radius 3 is 2.35 bits per heavy atom. The molecule has 0 bridgehead atoms. The van der Waals surface area contributed by atoms with Gasteiger partial charge >= 0.3 is 0 Å². The summed E-state index contributed by atoms with van der Waals surface area (Å²) < 4.78 is 1.01. The van der Waals surface area contributed by atoms with Crippen LogP contribution in [0.25, 0.3) is 21.7 Å². The van der Waals surface area contributed by atoms with Gasteiger partial charge in [-0.2, -0.15) is 0 Å². The number of anilines is 3. The average Bonchev–Trinajstić information content (AvgIpc) is 3.02. The number of nitrogen functional groups attached to an aromatic ring is 1. The Morgan fingerprint density at radius 2 is 1.65 bits per heavy atom. The third kappa shape index (κ3) is 3.15. The maximum atomic E-state index is 6.15. The zero-order valence-corrected chi connectivity index (χ0v) is 16.6. The fourth-order valence-electron chi connectivity index (χ4n) is 2.74. The maximum absolute atomic E-state index is 6.15. The van der Waals surface area contributed by atoms with E-state index in [1.165, 1.54) is 22.5 Å². The van der Waals surface area contributed by atoms with Gasteiger partial charge in [0, 0.05) is 15.7 Å². The van der Waals surface area contributed by atoms with Crippen molar-refractivity contribution in [2.24, 2.45) is 0 Å². The number of nitrogens with zero attached hydrogens (tertiary/aromatic N) is 3. The number of aromatic nitrogens is 3. The van der Waals surface area contributed by atoms with Gasteiger partial charge in [0.05, 0.1) is 0 Å². The van der Waals surface area contributed by atoms with E-state index in [2.05, 4.69) is 62.2 Å². The highest BCUT2D eigenvalue weighted by Gasteiger charge is 2.14. The minimum absolute atomic E-state index is 0.388. The van der Waals surface area contributed by atoms with Crippen LogP contribution in [0, 0.1) is 13.8 Å². The third-order valence-electron chi connectivity index (χ3n) is 4.10. The maximum Gasteiger partial charge on any atom is 0.189 e. The van der Waals surface area contributed by atoms with Gasteiger partial charge < -0.3 is 11.1 Å². The van der Waals surface area contributed by atoms with E-state index in [1.54, 1.807) is 0 Å². The van der Waals surface area contributed by atoms with Crippen molar-refractivity contribution in [3.05, 3.63) is 58.1 Å². The highest BCUT2D eigenvalue weighted by molar-refractivity contribution is 9.10. The summed E-state index contributed by atoms with van der Waals surface area (Å²) in [6, 6.07) is 14.0. The molecule has 26 heavy (non-hydrogen) atoms. The largest absolute Gasteiger partial charge is 0.382 e. The summed E-state index contributed by atoms with van der Waals surface area (Å²) in [6.45, 7) is 4.14. The van der Waals surface area contributed by atoms with Crippen LogP contribution in [0.3, 0.4) is 0 Å². The SMILES string of the molecule is Cc1cccc(C)c1Nc1nc2c(N)nc(-c3ccc(Br)cc3)nc2s1. The van der Waals surface area contributed by atoms with E-state index in [0.717, 1.165) is 25.7 Å². The molecule has 2 aromatic heterocycles. The van der Waals surface area contributed by atoms with Crippen LogP contribution >= 0.6 is 27.3 Å². The van der Waals surface area contributed by atoms with Crippen molar-refractivity contribution in [2.75, 3.05) is 11.1 Å². The molecule has 5 nitrogen and oxygen atoms in total. The van der Waals surface area contributed by atoms with Gasteiger partial charge in [-0.05, 0) is 37.1 Å². The van der Waals surface area contributed by atoms with Gasteiger partial charge in [0.1, 0.15) is 5.52 Å². The molecule has 0 saturated heterocycles. The summed E-state index contributed by atoms with van der Waals surface area (Å²) in [5, 5.41) is 4.16. The van der Waals surface area contributed by atoms with Gasteiger partial charge in [-0.15, -0.1) is 0 Å². The molecule has 0 aliphatic heterocycles. The number of nitrogens with one attached hydrogen (secondary N) is 1. The monoisotopic (exact) mass is 425 g/mol. The van der Waals surface area contributed by atoms with Crippen molar-refractivity contribution in [3.63, 3.8) is 0 Å². The number of rotatable bonds is 3. The van der Waals surface area contributed by atoms with Crippen molar-refractivity contribution >= 4 is 54.3 Å². The Balaban J connectivity index is 1.75. The summed E-state index contributed by atoms with van der Waals surface area (Å²) >= 11 is 4.91. The second-order valence-corrected chi connectivity index (χ2v) is 7.90. The number of halogens is 1. The lowest BCUT2D eigenvalue weighted by molar-refractivity contribution is 1.23. The molecule has 0 fully saturated rings. The van der Waals surface area contributed by atoms with Gasteiger partial charge in [-0.25, -0.2) is 15.0 Å². The quantitative estimate of drug-likeness (QED) is 0.455. The number of para-hydroxylation sites is 1. The molecule has 0 spiro atoms. The second kappa shape index (κ2) is 6.66. The zero-order chi connectivity index (χ0) is 18.3. The molecule has 4 aromatic rings. The average molecular weight is 426 g/mol. The van der Waals surface area contributed by atoms with E-state index in [1.807, 2.05) is 30.3 Å². The number of nitrogens with two attached hydrogens (primary N) is 1. The van der Waals surface area contributed by atoms with E-state index >= 15 is 0 Å². The van der Waals surface area contributed by atoms with E-state index in [9.17, 15) is 0 Å². The molecule has 0 amide bonds. The Morgan fingerprint density at radius 1 is 0.962 bits per heavy atom. The molecule has 2 heterocycles. The van der Waals surface area contributed by atoms with Gasteiger partial charge in [0.15, 0.2) is 21.6 Å². The fraction of sp³-hybridized carbons (Fsp3) is 0.105. The van der Waals surface area contributed by atoms with Crippen molar-refractivity contribution < 1.29 is 0 Å². The molecule has 0 unspecified atom stereocenters. The van der Waals surface area contributed by atoms with Crippen LogP contribution in [0.5, 0.6) is 0 Å². The van der Waals surface area contributed by atoms with Crippen molar-refractivity contribution in [3.8, 4) is 11.4 Å². The summed E-state index contributed by atoms with van der Waals surface area (Å²) in [7, 11) is 0. The molecular formula is C19H16BrN5S. The van der Waals surface area contributed by atoms with E-state index < -0.39 is 0 Å².